The number of hydrogen-bond acceptors (Lipinski definition) is 9. The van der Waals surface area contributed by atoms with Gasteiger partial charge < -0.3 is 19.8 Å². The van der Waals surface area contributed by atoms with Crippen LogP contribution in [0.25, 0.3) is 0 Å². The Kier molecular flexibility index (Phi) is 12.5. The summed E-state index contributed by atoms with van der Waals surface area (Å²) in [6.45, 7) is 11.5. The maximum atomic E-state index is 11.7. The molecule has 2 heterocycles. The molecule has 45 heavy (non-hydrogen) atoms. The Balaban J connectivity index is 0.00000552. The molecular weight excluding hydrogens is 627 g/mol. The molecule has 0 saturated carbocycles. The van der Waals surface area contributed by atoms with Crippen molar-refractivity contribution in [1.29, 1.82) is 0 Å². The Hall–Kier alpha value is -2.26. The summed E-state index contributed by atoms with van der Waals surface area (Å²) >= 11 is 0.958. The van der Waals surface area contributed by atoms with Gasteiger partial charge in [0, 0.05) is 65.3 Å². The second-order valence-electron chi connectivity index (χ2n) is 11.7. The molecule has 13 heteroatoms. The maximum Gasteiger partial charge on any atom is 1.00 e. The number of aromatic carboxylic acids is 1. The van der Waals surface area contributed by atoms with E-state index in [2.05, 4.69) is 32.7 Å². The number of unbranched alkanes of at least 4 members (excludes halogenated alkanes) is 1. The Morgan fingerprint density at radius 2 is 1.78 bits per heavy atom. The predicted molar refractivity (Wildman–Crippen MR) is 167 cm³/mol. The average Bonchev–Trinajstić information content (AvgIpc) is 3.31. The molecule has 236 valence electrons. The van der Waals surface area contributed by atoms with E-state index in [0.717, 1.165) is 58.8 Å². The smallest absolute Gasteiger partial charge is 0.744 e. The Morgan fingerprint density at radius 3 is 2.42 bits per heavy atom. The molecule has 0 unspecified atom stereocenters. The zero-order valence-corrected chi connectivity index (χ0v) is 30.0. The van der Waals surface area contributed by atoms with Crippen molar-refractivity contribution in [3.63, 3.8) is 0 Å². The summed E-state index contributed by atoms with van der Waals surface area (Å²) in [4.78, 5) is 13.6. The molecule has 0 spiro atoms. The van der Waals surface area contributed by atoms with E-state index in [1.165, 1.54) is 12.1 Å². The van der Waals surface area contributed by atoms with Crippen LogP contribution in [0, 0.1) is 0 Å². The molecule has 10 nitrogen and oxygen atoms in total. The van der Waals surface area contributed by atoms with E-state index < -0.39 is 26.9 Å². The SMILES string of the molecule is CCN1/C(=C/C=C/C=C/C2=[N+](CCCCSOO[O-])c3ccc(C(=O)O)cc3C2(C)C)C(C)(C)c2cc(S(=O)(=O)[O-])ccc21.[Na+]. The molecule has 0 aromatic heterocycles. The van der Waals surface area contributed by atoms with Crippen LogP contribution in [0.4, 0.5) is 11.4 Å². The molecule has 2 aromatic rings. The molecular formula is C32H37N2NaO8S2. The Bertz CT molecular complexity index is 1660. The van der Waals surface area contributed by atoms with Gasteiger partial charge >= 0.3 is 35.5 Å². The summed E-state index contributed by atoms with van der Waals surface area (Å²) in [6.07, 6.45) is 11.4. The largest absolute Gasteiger partial charge is 1.00 e. The van der Waals surface area contributed by atoms with Crippen molar-refractivity contribution in [2.24, 2.45) is 0 Å². The van der Waals surface area contributed by atoms with Gasteiger partial charge in [-0.25, -0.2) is 13.2 Å². The molecule has 2 aliphatic rings. The molecule has 2 aromatic carbocycles. The van der Waals surface area contributed by atoms with Gasteiger partial charge in [-0.2, -0.15) is 8.91 Å². The standard InChI is InChI=1S/C32H38N2O8S2.Na/c1-6-33-26-17-15-23(44(38,39)40)21-25(26)32(4,5)28(33)12-8-7-9-13-29-31(2,3)24-20-22(30(35)36)14-16-27(24)34(29)18-10-11-19-43-42-41-37;/h7-9,12-17,20-21H,6,10-11,18-19H2,1-5H3,(H2-,35,36,37,38,39,40);/q;+1/p-1. The molecule has 0 bridgehead atoms. The topological polar surface area (TPSA) is 142 Å². The Labute approximate surface area is 291 Å². The number of anilines is 1. The summed E-state index contributed by atoms with van der Waals surface area (Å²) in [6, 6.07) is 9.75. The number of allylic oxidation sites excluding steroid dienone is 6. The van der Waals surface area contributed by atoms with Gasteiger partial charge in [0.25, 0.3) is 0 Å². The van der Waals surface area contributed by atoms with E-state index in [1.54, 1.807) is 18.2 Å². The fourth-order valence-electron chi connectivity index (χ4n) is 6.04. The first-order valence-electron chi connectivity index (χ1n) is 14.3. The van der Waals surface area contributed by atoms with Gasteiger partial charge in [0.2, 0.25) is 5.69 Å². The minimum atomic E-state index is -4.57. The van der Waals surface area contributed by atoms with Crippen molar-refractivity contribution >= 4 is 45.2 Å². The minimum absolute atomic E-state index is 0. The second-order valence-corrected chi connectivity index (χ2v) is 13.8. The third-order valence-electron chi connectivity index (χ3n) is 8.27. The van der Waals surface area contributed by atoms with Crippen LogP contribution in [0.1, 0.15) is 68.9 Å². The first kappa shape index (κ1) is 37.2. The van der Waals surface area contributed by atoms with Crippen molar-refractivity contribution in [3.05, 3.63) is 89.2 Å². The monoisotopic (exact) mass is 664 g/mol. The number of likely N-dealkylation sites (N-methyl/N-ethyl adjacent to an activating group) is 1. The summed E-state index contributed by atoms with van der Waals surface area (Å²) in [7, 11) is -4.57. The molecule has 0 amide bonds. The van der Waals surface area contributed by atoms with Crippen LogP contribution in [0.3, 0.4) is 0 Å². The van der Waals surface area contributed by atoms with Crippen LogP contribution in [-0.4, -0.2) is 53.2 Å². The molecule has 0 fully saturated rings. The average molecular weight is 665 g/mol. The molecule has 0 aliphatic carbocycles. The zero-order valence-electron chi connectivity index (χ0n) is 26.4. The number of benzene rings is 2. The molecule has 4 rings (SSSR count). The van der Waals surface area contributed by atoms with Crippen LogP contribution >= 0.6 is 12.0 Å². The number of fused-ring (bicyclic) bond motifs is 2. The fourth-order valence-corrected chi connectivity index (χ4v) is 6.97. The number of nitrogens with zero attached hydrogens (tertiary/aromatic N) is 2. The van der Waals surface area contributed by atoms with Crippen molar-refractivity contribution in [2.75, 3.05) is 23.7 Å². The van der Waals surface area contributed by atoms with Gasteiger partial charge in [-0.1, -0.05) is 32.1 Å². The fraction of sp³-hybridized carbons (Fsp3) is 0.375. The summed E-state index contributed by atoms with van der Waals surface area (Å²) in [5.74, 6) is -0.382. The summed E-state index contributed by atoms with van der Waals surface area (Å²) < 4.78 is 41.6. The van der Waals surface area contributed by atoms with Crippen LogP contribution in [0.5, 0.6) is 0 Å². The first-order chi connectivity index (χ1) is 20.7. The molecule has 0 radical (unpaired) electrons. The van der Waals surface area contributed by atoms with E-state index in [9.17, 15) is 28.1 Å². The van der Waals surface area contributed by atoms with Gasteiger partial charge in [-0.3, -0.25) is 5.04 Å². The van der Waals surface area contributed by atoms with Gasteiger partial charge in [-0.05, 0) is 69.2 Å². The third-order valence-corrected chi connectivity index (χ3v) is 9.71. The van der Waals surface area contributed by atoms with Crippen LogP contribution in [0.15, 0.2) is 77.4 Å². The van der Waals surface area contributed by atoms with E-state index in [-0.39, 0.29) is 40.0 Å². The summed E-state index contributed by atoms with van der Waals surface area (Å²) in [5.41, 5.74) is 4.82. The van der Waals surface area contributed by atoms with Crippen molar-refractivity contribution in [1.82, 2.24) is 0 Å². The van der Waals surface area contributed by atoms with E-state index in [0.29, 0.717) is 18.8 Å². The number of rotatable bonds is 13. The number of carboxylic acids is 1. The number of carboxylic acid groups (broad SMARTS) is 1. The Morgan fingerprint density at radius 1 is 1.04 bits per heavy atom. The van der Waals surface area contributed by atoms with Gasteiger partial charge in [-0.15, -0.1) is 0 Å². The third kappa shape index (κ3) is 7.83. The predicted octanol–water partition coefficient (Wildman–Crippen LogP) is 2.14. The minimum Gasteiger partial charge on any atom is -0.744 e. The van der Waals surface area contributed by atoms with E-state index in [4.69, 9.17) is 0 Å². The maximum absolute atomic E-state index is 11.7. The number of carbonyl (C=O) groups is 1. The van der Waals surface area contributed by atoms with Crippen LogP contribution < -0.4 is 39.7 Å². The van der Waals surface area contributed by atoms with E-state index in [1.807, 2.05) is 57.2 Å². The van der Waals surface area contributed by atoms with Crippen molar-refractivity contribution in [3.8, 4) is 0 Å². The molecule has 2 aliphatic heterocycles. The van der Waals surface area contributed by atoms with Gasteiger partial charge in [0.05, 0.1) is 15.9 Å². The van der Waals surface area contributed by atoms with Gasteiger partial charge in [0.15, 0.2) is 5.71 Å². The van der Waals surface area contributed by atoms with Crippen molar-refractivity contribution in [2.45, 2.75) is 63.2 Å². The molecule has 0 saturated heterocycles. The zero-order chi connectivity index (χ0) is 32.3. The van der Waals surface area contributed by atoms with Crippen LogP contribution in [-0.2, 0) is 30.3 Å². The first-order valence-corrected chi connectivity index (χ1v) is 16.6. The van der Waals surface area contributed by atoms with Crippen LogP contribution in [0.2, 0.25) is 0 Å². The second kappa shape index (κ2) is 15.1. The molecule has 0 atom stereocenters. The number of hydrogen-bond donors (Lipinski definition) is 1. The normalized spacial score (nSPS) is 17.8. The van der Waals surface area contributed by atoms with E-state index >= 15 is 0 Å². The summed E-state index contributed by atoms with van der Waals surface area (Å²) in [5, 5.41) is 23.0. The molecule has 1 N–H and O–H groups in total. The van der Waals surface area contributed by atoms with Gasteiger partial charge in [0.1, 0.15) is 16.7 Å². The quantitative estimate of drug-likeness (QED) is 0.0495. The van der Waals surface area contributed by atoms with Crippen molar-refractivity contribution < 1.29 is 71.6 Å².